The van der Waals surface area contributed by atoms with E-state index in [1.54, 1.807) is 0 Å². The van der Waals surface area contributed by atoms with E-state index >= 15 is 0 Å². The predicted molar refractivity (Wildman–Crippen MR) is 89.0 cm³/mol. The first-order valence-electron chi connectivity index (χ1n) is 8.30. The lowest BCUT2D eigenvalue weighted by Crippen LogP contribution is -2.35. The van der Waals surface area contributed by atoms with Gasteiger partial charge in [-0.1, -0.05) is 17.3 Å². The van der Waals surface area contributed by atoms with Crippen molar-refractivity contribution in [3.05, 3.63) is 12.2 Å². The fourth-order valence-electron chi connectivity index (χ4n) is 3.90. The Morgan fingerprint density at radius 2 is 2.00 bits per heavy atom. The van der Waals surface area contributed by atoms with Crippen LogP contribution in [0, 0.1) is 5.92 Å². The van der Waals surface area contributed by atoms with E-state index in [4.69, 9.17) is 0 Å². The van der Waals surface area contributed by atoms with Crippen molar-refractivity contribution in [3.8, 4) is 0 Å². The lowest BCUT2D eigenvalue weighted by molar-refractivity contribution is 0.355. The van der Waals surface area contributed by atoms with Gasteiger partial charge < -0.3 is 4.90 Å². The zero-order valence-electron chi connectivity index (χ0n) is 13.8. The standard InChI is InChI=1S/C15H25N5O2S/c1-4-19(9-11(2)3)15-16-17-18-20(15)10-12-7-13-5-6-14(8-12)23(13,21)22/h12-14H,2,4-10H2,1,3H3. The van der Waals surface area contributed by atoms with E-state index in [9.17, 15) is 8.42 Å². The van der Waals surface area contributed by atoms with Gasteiger partial charge in [0.1, 0.15) is 0 Å². The molecule has 0 N–H and O–H groups in total. The van der Waals surface area contributed by atoms with Crippen molar-refractivity contribution in [2.45, 2.75) is 56.6 Å². The van der Waals surface area contributed by atoms with Gasteiger partial charge in [0, 0.05) is 19.6 Å². The summed E-state index contributed by atoms with van der Waals surface area (Å²) in [7, 11) is -2.87. The Hall–Kier alpha value is -1.44. The summed E-state index contributed by atoms with van der Waals surface area (Å²) in [6.45, 7) is 10.2. The van der Waals surface area contributed by atoms with Crippen LogP contribution in [0.15, 0.2) is 12.2 Å². The number of likely N-dealkylation sites (N-methyl/N-ethyl adjacent to an activating group) is 1. The van der Waals surface area contributed by atoms with Gasteiger partial charge in [0.05, 0.1) is 10.5 Å². The Bertz CT molecular complexity index is 664. The molecule has 0 aliphatic carbocycles. The Kier molecular flexibility index (Phi) is 4.44. The number of hydrogen-bond acceptors (Lipinski definition) is 6. The van der Waals surface area contributed by atoms with Crippen LogP contribution >= 0.6 is 0 Å². The van der Waals surface area contributed by atoms with E-state index in [1.165, 1.54) is 0 Å². The first-order valence-corrected chi connectivity index (χ1v) is 9.91. The van der Waals surface area contributed by atoms with Gasteiger partial charge in [-0.05, 0) is 55.9 Å². The number of sulfone groups is 1. The van der Waals surface area contributed by atoms with Crippen molar-refractivity contribution in [3.63, 3.8) is 0 Å². The molecule has 2 atom stereocenters. The van der Waals surface area contributed by atoms with Gasteiger partial charge in [-0.3, -0.25) is 0 Å². The first-order chi connectivity index (χ1) is 10.9. The van der Waals surface area contributed by atoms with E-state index in [-0.39, 0.29) is 10.5 Å². The van der Waals surface area contributed by atoms with Crippen LogP contribution in [0.2, 0.25) is 0 Å². The molecule has 8 heteroatoms. The molecule has 2 bridgehead atoms. The fraction of sp³-hybridized carbons (Fsp3) is 0.800. The van der Waals surface area contributed by atoms with Gasteiger partial charge >= 0.3 is 0 Å². The zero-order valence-corrected chi connectivity index (χ0v) is 14.7. The highest BCUT2D eigenvalue weighted by molar-refractivity contribution is 7.93. The average Bonchev–Trinajstić information content (AvgIpc) is 2.94. The smallest absolute Gasteiger partial charge is 0.245 e. The van der Waals surface area contributed by atoms with Crippen molar-refractivity contribution < 1.29 is 8.42 Å². The molecule has 23 heavy (non-hydrogen) atoms. The summed E-state index contributed by atoms with van der Waals surface area (Å²) in [5.41, 5.74) is 1.06. The molecule has 2 aliphatic heterocycles. The second-order valence-electron chi connectivity index (χ2n) is 6.88. The molecular weight excluding hydrogens is 314 g/mol. The highest BCUT2D eigenvalue weighted by atomic mass is 32.2. The third-order valence-electron chi connectivity index (χ3n) is 5.00. The maximum atomic E-state index is 12.2. The van der Waals surface area contributed by atoms with Crippen LogP contribution in [0.4, 0.5) is 5.95 Å². The summed E-state index contributed by atoms with van der Waals surface area (Å²) < 4.78 is 26.2. The normalized spacial score (nSPS) is 28.7. The number of hydrogen-bond donors (Lipinski definition) is 0. The summed E-state index contributed by atoms with van der Waals surface area (Å²) >= 11 is 0. The van der Waals surface area contributed by atoms with E-state index < -0.39 is 9.84 Å². The predicted octanol–water partition coefficient (Wildman–Crippen LogP) is 1.43. The summed E-state index contributed by atoms with van der Waals surface area (Å²) in [5, 5.41) is 11.8. The number of tetrazole rings is 1. The van der Waals surface area contributed by atoms with E-state index in [2.05, 4.69) is 33.9 Å². The maximum absolute atomic E-state index is 12.2. The van der Waals surface area contributed by atoms with Crippen LogP contribution in [0.1, 0.15) is 39.5 Å². The second-order valence-corrected chi connectivity index (χ2v) is 9.39. The molecule has 0 saturated carbocycles. The minimum atomic E-state index is -2.87. The van der Waals surface area contributed by atoms with E-state index in [0.29, 0.717) is 12.5 Å². The Labute approximate surface area is 137 Å². The minimum absolute atomic E-state index is 0.149. The third-order valence-corrected chi connectivity index (χ3v) is 7.72. The van der Waals surface area contributed by atoms with Crippen molar-refractivity contribution in [1.82, 2.24) is 20.2 Å². The van der Waals surface area contributed by atoms with Crippen LogP contribution in [-0.2, 0) is 16.4 Å². The van der Waals surface area contributed by atoms with Crippen molar-refractivity contribution >= 4 is 15.8 Å². The SMILES string of the molecule is C=C(C)CN(CC)c1nnnn1CC1CC2CCC(C1)S2(=O)=O. The van der Waals surface area contributed by atoms with Gasteiger partial charge in [0.25, 0.3) is 0 Å². The lowest BCUT2D eigenvalue weighted by Gasteiger charge is -2.28. The monoisotopic (exact) mass is 339 g/mol. The number of fused-ring (bicyclic) bond motifs is 2. The van der Waals surface area contributed by atoms with E-state index in [1.807, 2.05) is 11.6 Å². The van der Waals surface area contributed by atoms with Gasteiger partial charge in [-0.25, -0.2) is 13.1 Å². The molecule has 2 saturated heterocycles. The van der Waals surface area contributed by atoms with Crippen LogP contribution < -0.4 is 4.90 Å². The molecule has 0 amide bonds. The summed E-state index contributed by atoms with van der Waals surface area (Å²) in [6, 6.07) is 0. The zero-order chi connectivity index (χ0) is 16.6. The Morgan fingerprint density at radius 3 is 2.57 bits per heavy atom. The quantitative estimate of drug-likeness (QED) is 0.729. The molecule has 128 valence electrons. The Balaban J connectivity index is 1.73. The second kappa shape index (κ2) is 6.22. The molecule has 3 heterocycles. The van der Waals surface area contributed by atoms with Crippen molar-refractivity contribution in [1.29, 1.82) is 0 Å². The van der Waals surface area contributed by atoms with Crippen molar-refractivity contribution in [2.75, 3.05) is 18.0 Å². The summed E-state index contributed by atoms with van der Waals surface area (Å²) in [5.74, 6) is 1.08. The fourth-order valence-corrected chi connectivity index (χ4v) is 6.46. The minimum Gasteiger partial charge on any atom is -0.336 e. The molecule has 2 unspecified atom stereocenters. The first kappa shape index (κ1) is 16.4. The summed E-state index contributed by atoms with van der Waals surface area (Å²) in [4.78, 5) is 2.09. The largest absolute Gasteiger partial charge is 0.336 e. The van der Waals surface area contributed by atoms with E-state index in [0.717, 1.165) is 50.3 Å². The molecule has 3 rings (SSSR count). The number of aromatic nitrogens is 4. The van der Waals surface area contributed by atoms with Gasteiger partial charge in [0.15, 0.2) is 9.84 Å². The molecule has 2 fully saturated rings. The molecule has 0 spiro atoms. The lowest BCUT2D eigenvalue weighted by atomic mass is 9.99. The van der Waals surface area contributed by atoms with Gasteiger partial charge in [0.2, 0.25) is 5.95 Å². The Morgan fingerprint density at radius 1 is 1.35 bits per heavy atom. The number of anilines is 1. The molecule has 0 radical (unpaired) electrons. The third kappa shape index (κ3) is 3.13. The molecule has 7 nitrogen and oxygen atoms in total. The molecule has 1 aromatic heterocycles. The van der Waals surface area contributed by atoms with Crippen LogP contribution in [-0.4, -0.2) is 52.2 Å². The topological polar surface area (TPSA) is 81.0 Å². The number of rotatable bonds is 6. The molecule has 1 aromatic rings. The molecule has 2 aliphatic rings. The maximum Gasteiger partial charge on any atom is 0.245 e. The van der Waals surface area contributed by atoms with Crippen LogP contribution in [0.3, 0.4) is 0 Å². The average molecular weight is 339 g/mol. The molecule has 0 aromatic carbocycles. The molecular formula is C15H25N5O2S. The van der Waals surface area contributed by atoms with Crippen molar-refractivity contribution in [2.24, 2.45) is 5.92 Å². The van der Waals surface area contributed by atoms with Crippen LogP contribution in [0.25, 0.3) is 0 Å². The van der Waals surface area contributed by atoms with Gasteiger partial charge in [-0.15, -0.1) is 0 Å². The highest BCUT2D eigenvalue weighted by Crippen LogP contribution is 2.41. The number of nitrogens with zero attached hydrogens (tertiary/aromatic N) is 5. The van der Waals surface area contributed by atoms with Crippen LogP contribution in [0.5, 0.6) is 0 Å². The van der Waals surface area contributed by atoms with Gasteiger partial charge in [-0.2, -0.15) is 0 Å². The highest BCUT2D eigenvalue weighted by Gasteiger charge is 2.46. The summed E-state index contributed by atoms with van der Waals surface area (Å²) in [6.07, 6.45) is 3.13.